The van der Waals surface area contributed by atoms with Crippen LogP contribution in [-0.2, 0) is 9.47 Å². The molecule has 3 fully saturated rings. The normalized spacial score (nSPS) is 46.2. The van der Waals surface area contributed by atoms with Gasteiger partial charge in [-0.3, -0.25) is 0 Å². The minimum absolute atomic E-state index is 0. The van der Waals surface area contributed by atoms with Crippen molar-refractivity contribution >= 4 is 0 Å². The molecule has 4 atom stereocenters. The molecule has 92 valence electrons. The molecule has 1 saturated heterocycles. The number of allylic oxidation sites excluding steroid dienone is 1. The van der Waals surface area contributed by atoms with Crippen molar-refractivity contribution in [3.8, 4) is 0 Å². The zero-order valence-electron chi connectivity index (χ0n) is 9.24. The first-order valence-corrected chi connectivity index (χ1v) is 6.35. The van der Waals surface area contributed by atoms with E-state index in [9.17, 15) is 0 Å². The molecule has 1 aliphatic heterocycles. The van der Waals surface area contributed by atoms with Gasteiger partial charge >= 0.3 is 0 Å². The number of rotatable bonds is 1. The fourth-order valence-corrected chi connectivity index (χ4v) is 4.64. The smallest absolute Gasteiger partial charge is 0.178 e. The number of ether oxygens (including phenoxy) is 2. The highest BCUT2D eigenvalue weighted by atomic mass is 16.7. The van der Waals surface area contributed by atoms with Crippen molar-refractivity contribution < 1.29 is 10.9 Å². The van der Waals surface area contributed by atoms with Crippen LogP contribution in [0.15, 0.2) is 11.6 Å². The highest BCUT2D eigenvalue weighted by molar-refractivity contribution is 5.31. The molecule has 2 saturated carbocycles. The van der Waals surface area contributed by atoms with Gasteiger partial charge in [0.15, 0.2) is 5.79 Å². The van der Waals surface area contributed by atoms with Crippen LogP contribution in [0, 0.1) is 23.7 Å². The maximum atomic E-state index is 5.95. The second kappa shape index (κ2) is 3.33. The zero-order chi connectivity index (χ0) is 10.0. The van der Waals surface area contributed by atoms with Crippen LogP contribution in [0.5, 0.6) is 0 Å². The van der Waals surface area contributed by atoms with Crippen molar-refractivity contribution in [3.05, 3.63) is 11.6 Å². The summed E-state index contributed by atoms with van der Waals surface area (Å²) in [6.07, 6.45) is 6.40. The Hall–Kier alpha value is -0.340. The number of hydrogen-bond donors (Lipinski definition) is 0. The summed E-state index contributed by atoms with van der Waals surface area (Å²) in [7, 11) is 0. The molecule has 16 heavy (non-hydrogen) atoms. The molecule has 3 unspecified atom stereocenters. The molecule has 4 aliphatic rings. The minimum Gasteiger partial charge on any atom is -0.347 e. The van der Waals surface area contributed by atoms with Gasteiger partial charge in [-0.05, 0) is 31.1 Å². The van der Waals surface area contributed by atoms with Gasteiger partial charge in [0.25, 0.3) is 0 Å². The molecule has 2 nitrogen and oxygen atoms in total. The molecule has 1 heterocycles. The Morgan fingerprint density at radius 3 is 2.81 bits per heavy atom. The Labute approximate surface area is 99.5 Å². The molecular formula is C14H24O2. The van der Waals surface area contributed by atoms with Crippen molar-refractivity contribution in [2.24, 2.45) is 23.7 Å². The fourth-order valence-electron chi connectivity index (χ4n) is 4.64. The van der Waals surface area contributed by atoms with Crippen molar-refractivity contribution in [2.75, 3.05) is 13.2 Å². The molecule has 2 heteroatoms. The molecule has 0 aromatic carbocycles. The molecular weight excluding hydrogens is 200 g/mol. The monoisotopic (exact) mass is 224 g/mol. The molecule has 1 spiro atoms. The van der Waals surface area contributed by atoms with Crippen molar-refractivity contribution in [1.82, 2.24) is 0 Å². The van der Waals surface area contributed by atoms with Crippen LogP contribution in [0.25, 0.3) is 0 Å². The summed E-state index contributed by atoms with van der Waals surface area (Å²) in [6, 6.07) is 0. The Balaban J connectivity index is 0.000000540. The predicted molar refractivity (Wildman–Crippen MR) is 65.0 cm³/mol. The zero-order valence-corrected chi connectivity index (χ0v) is 9.24. The second-order valence-electron chi connectivity index (χ2n) is 5.41. The lowest BCUT2D eigenvalue weighted by Gasteiger charge is -2.53. The van der Waals surface area contributed by atoms with Crippen LogP contribution < -0.4 is 0 Å². The van der Waals surface area contributed by atoms with Gasteiger partial charge in [0, 0.05) is 13.3 Å². The third-order valence-electron chi connectivity index (χ3n) is 5.13. The summed E-state index contributed by atoms with van der Waals surface area (Å²) in [4.78, 5) is 0. The van der Waals surface area contributed by atoms with Crippen molar-refractivity contribution in [1.29, 1.82) is 0 Å². The Morgan fingerprint density at radius 1 is 1.38 bits per heavy atom. The van der Waals surface area contributed by atoms with Crippen LogP contribution >= 0.6 is 0 Å². The summed E-state index contributed by atoms with van der Waals surface area (Å²) < 4.78 is 11.9. The lowest BCUT2D eigenvalue weighted by molar-refractivity contribution is -0.298. The lowest BCUT2D eigenvalue weighted by Crippen LogP contribution is -2.60. The van der Waals surface area contributed by atoms with E-state index in [2.05, 4.69) is 13.0 Å². The van der Waals surface area contributed by atoms with Gasteiger partial charge in [-0.2, -0.15) is 0 Å². The Morgan fingerprint density at radius 2 is 2.12 bits per heavy atom. The molecule has 0 bridgehead atoms. The van der Waals surface area contributed by atoms with E-state index >= 15 is 0 Å². The van der Waals surface area contributed by atoms with E-state index in [4.69, 9.17) is 9.47 Å². The SMILES string of the molecule is C.CCC1=CC2[C@@H]3C1CCC3C21OCCO1.[HH]. The molecule has 0 N–H and O–H groups in total. The predicted octanol–water partition coefficient (Wildman–Crippen LogP) is 3.23. The highest BCUT2D eigenvalue weighted by Gasteiger charge is 2.70. The molecule has 0 radical (unpaired) electrons. The van der Waals surface area contributed by atoms with Crippen molar-refractivity contribution in [2.45, 2.75) is 39.4 Å². The molecule has 4 rings (SSSR count). The average molecular weight is 224 g/mol. The van der Waals surface area contributed by atoms with E-state index in [-0.39, 0.29) is 14.6 Å². The third-order valence-corrected chi connectivity index (χ3v) is 5.13. The summed E-state index contributed by atoms with van der Waals surface area (Å²) in [5.74, 6) is 2.88. The summed E-state index contributed by atoms with van der Waals surface area (Å²) in [5.41, 5.74) is 1.68. The van der Waals surface area contributed by atoms with E-state index < -0.39 is 0 Å². The number of fused-ring (bicyclic) bond motifs is 2. The second-order valence-corrected chi connectivity index (χ2v) is 5.41. The Bertz CT molecular complexity index is 333. The molecule has 0 aromatic rings. The van der Waals surface area contributed by atoms with Crippen LogP contribution in [0.1, 0.15) is 35.0 Å². The van der Waals surface area contributed by atoms with Gasteiger partial charge in [0.2, 0.25) is 0 Å². The summed E-state index contributed by atoms with van der Waals surface area (Å²) in [5, 5.41) is 0. The topological polar surface area (TPSA) is 18.5 Å². The lowest BCUT2D eigenvalue weighted by atomic mass is 9.61. The maximum Gasteiger partial charge on any atom is 0.178 e. The summed E-state index contributed by atoms with van der Waals surface area (Å²) >= 11 is 0. The van der Waals surface area contributed by atoms with E-state index in [1.165, 1.54) is 19.3 Å². The van der Waals surface area contributed by atoms with E-state index in [0.29, 0.717) is 11.8 Å². The molecule has 0 aromatic heterocycles. The van der Waals surface area contributed by atoms with Gasteiger partial charge in [-0.15, -0.1) is 0 Å². The quantitative estimate of drug-likeness (QED) is 0.637. The maximum absolute atomic E-state index is 5.95. The molecule has 0 amide bonds. The minimum atomic E-state index is -0.170. The largest absolute Gasteiger partial charge is 0.347 e. The Kier molecular flexibility index (Phi) is 2.25. The fraction of sp³-hybridized carbons (Fsp3) is 0.857. The average Bonchev–Trinajstić information content (AvgIpc) is 2.89. The van der Waals surface area contributed by atoms with E-state index in [1.807, 2.05) is 0 Å². The number of hydrogen-bond acceptors (Lipinski definition) is 2. The van der Waals surface area contributed by atoms with Gasteiger partial charge < -0.3 is 9.47 Å². The van der Waals surface area contributed by atoms with Crippen LogP contribution in [0.3, 0.4) is 0 Å². The van der Waals surface area contributed by atoms with Crippen LogP contribution in [0.2, 0.25) is 0 Å². The molecule has 3 aliphatic carbocycles. The first-order valence-electron chi connectivity index (χ1n) is 6.35. The van der Waals surface area contributed by atoms with Gasteiger partial charge in [0.1, 0.15) is 0 Å². The van der Waals surface area contributed by atoms with Crippen molar-refractivity contribution in [3.63, 3.8) is 0 Å². The van der Waals surface area contributed by atoms with E-state index in [1.54, 1.807) is 5.57 Å². The first-order chi connectivity index (χ1) is 7.37. The van der Waals surface area contributed by atoms with Gasteiger partial charge in [0.05, 0.1) is 13.2 Å². The van der Waals surface area contributed by atoms with Gasteiger partial charge in [-0.25, -0.2) is 0 Å². The van der Waals surface area contributed by atoms with Gasteiger partial charge in [-0.1, -0.05) is 26.0 Å². The first kappa shape index (κ1) is 10.8. The van der Waals surface area contributed by atoms with E-state index in [0.717, 1.165) is 25.0 Å². The highest BCUT2D eigenvalue weighted by Crippen LogP contribution is 2.68. The third kappa shape index (κ3) is 0.964. The van der Waals surface area contributed by atoms with Crippen LogP contribution in [0.4, 0.5) is 0 Å². The standard InChI is InChI=1S/C13H18O2.CH4.H2/c1-2-8-7-11-12-9(8)3-4-10(12)13(11)14-5-6-15-13;;/h7,9-12H,2-6H2,1H3;1H4;1H/t9?,10?,11?,12-;;/m1../s1. The summed E-state index contributed by atoms with van der Waals surface area (Å²) in [6.45, 7) is 3.90. The van der Waals surface area contributed by atoms with Crippen LogP contribution in [-0.4, -0.2) is 19.0 Å².